The lowest BCUT2D eigenvalue weighted by molar-refractivity contribution is -0.146. The molecule has 0 fully saturated rings. The molecule has 1 N–H and O–H groups in total. The fraction of sp³-hybridized carbons (Fsp3) is 0.857. The average Bonchev–Trinajstić information content (AvgIpc) is 1.99. The third-order valence-electron chi connectivity index (χ3n) is 1.20. The van der Waals surface area contributed by atoms with Gasteiger partial charge < -0.3 is 9.84 Å². The normalized spacial score (nSPS) is 12.7. The van der Waals surface area contributed by atoms with Gasteiger partial charge in [-0.3, -0.25) is 4.79 Å². The van der Waals surface area contributed by atoms with Crippen LogP contribution in [0.2, 0.25) is 0 Å². The summed E-state index contributed by atoms with van der Waals surface area (Å²) in [6, 6.07) is 0. The molecule has 0 unspecified atom stereocenters. The minimum atomic E-state index is -0.504. The average molecular weight is 146 g/mol. The maximum absolute atomic E-state index is 10.5. The van der Waals surface area contributed by atoms with Crippen molar-refractivity contribution in [3.8, 4) is 0 Å². The van der Waals surface area contributed by atoms with Crippen molar-refractivity contribution in [3.05, 3.63) is 0 Å². The van der Waals surface area contributed by atoms with Gasteiger partial charge in [0.05, 0.1) is 6.10 Å². The van der Waals surface area contributed by atoms with Crippen LogP contribution in [0, 0.1) is 0 Å². The van der Waals surface area contributed by atoms with Crippen molar-refractivity contribution in [1.82, 2.24) is 0 Å². The van der Waals surface area contributed by atoms with Crippen molar-refractivity contribution >= 4 is 5.97 Å². The van der Waals surface area contributed by atoms with Gasteiger partial charge >= 0.3 is 5.97 Å². The van der Waals surface area contributed by atoms with Gasteiger partial charge in [0.15, 0.2) is 0 Å². The zero-order valence-electron chi connectivity index (χ0n) is 6.46. The zero-order valence-corrected chi connectivity index (χ0v) is 6.46. The molecule has 0 spiro atoms. The van der Waals surface area contributed by atoms with E-state index in [0.717, 1.165) is 0 Å². The standard InChI is InChI=1S/C7H14O3/c1-3-6(8)5-10-7(9)4-2/h6,8H,3-5H2,1-2H3/t6-/m1/s1. The highest BCUT2D eigenvalue weighted by Crippen LogP contribution is 1.92. The number of aliphatic hydroxyl groups is 1. The van der Waals surface area contributed by atoms with Crippen LogP contribution in [0.5, 0.6) is 0 Å². The molecule has 0 aliphatic carbocycles. The SMILES string of the molecule is CCC(=O)OC[C@H](O)CC. The van der Waals surface area contributed by atoms with Crippen molar-refractivity contribution in [1.29, 1.82) is 0 Å². The van der Waals surface area contributed by atoms with Crippen LogP contribution < -0.4 is 0 Å². The van der Waals surface area contributed by atoms with Crippen molar-refractivity contribution < 1.29 is 14.6 Å². The Balaban J connectivity index is 3.26. The fourth-order valence-electron chi connectivity index (χ4n) is 0.409. The van der Waals surface area contributed by atoms with Crippen molar-refractivity contribution in [3.63, 3.8) is 0 Å². The van der Waals surface area contributed by atoms with Gasteiger partial charge in [-0.2, -0.15) is 0 Å². The molecule has 0 aromatic heterocycles. The second-order valence-electron chi connectivity index (χ2n) is 2.10. The highest BCUT2D eigenvalue weighted by molar-refractivity contribution is 5.68. The summed E-state index contributed by atoms with van der Waals surface area (Å²) < 4.78 is 4.65. The molecular formula is C7H14O3. The molecule has 0 rings (SSSR count). The Morgan fingerprint density at radius 3 is 2.60 bits per heavy atom. The van der Waals surface area contributed by atoms with Crippen LogP contribution in [-0.4, -0.2) is 23.8 Å². The second kappa shape index (κ2) is 5.23. The highest BCUT2D eigenvalue weighted by Gasteiger charge is 2.03. The van der Waals surface area contributed by atoms with Gasteiger partial charge in [0.1, 0.15) is 6.61 Å². The Kier molecular flexibility index (Phi) is 4.94. The molecule has 0 saturated carbocycles. The molecule has 10 heavy (non-hydrogen) atoms. The maximum atomic E-state index is 10.5. The van der Waals surface area contributed by atoms with Crippen LogP contribution in [0.25, 0.3) is 0 Å². The lowest BCUT2D eigenvalue weighted by Crippen LogP contribution is -2.16. The van der Waals surface area contributed by atoms with Gasteiger partial charge in [-0.1, -0.05) is 13.8 Å². The Labute approximate surface area is 61.0 Å². The van der Waals surface area contributed by atoms with Gasteiger partial charge in [0.25, 0.3) is 0 Å². The molecular weight excluding hydrogens is 132 g/mol. The second-order valence-corrected chi connectivity index (χ2v) is 2.10. The molecule has 0 aromatic carbocycles. The monoisotopic (exact) mass is 146 g/mol. The molecule has 0 aliphatic heterocycles. The van der Waals surface area contributed by atoms with Crippen LogP contribution in [0.1, 0.15) is 26.7 Å². The van der Waals surface area contributed by atoms with Gasteiger partial charge in [0.2, 0.25) is 0 Å². The van der Waals surface area contributed by atoms with E-state index in [2.05, 4.69) is 4.74 Å². The lowest BCUT2D eigenvalue weighted by atomic mass is 10.3. The maximum Gasteiger partial charge on any atom is 0.305 e. The Hall–Kier alpha value is -0.570. The summed E-state index contributed by atoms with van der Waals surface area (Å²) in [4.78, 5) is 10.5. The summed E-state index contributed by atoms with van der Waals surface area (Å²) in [5.41, 5.74) is 0. The van der Waals surface area contributed by atoms with Gasteiger partial charge in [0, 0.05) is 6.42 Å². The fourth-order valence-corrected chi connectivity index (χ4v) is 0.409. The van der Waals surface area contributed by atoms with Crippen LogP contribution in [0.3, 0.4) is 0 Å². The van der Waals surface area contributed by atoms with Crippen LogP contribution in [0.4, 0.5) is 0 Å². The van der Waals surface area contributed by atoms with E-state index in [9.17, 15) is 4.79 Å². The number of esters is 1. The molecule has 0 radical (unpaired) electrons. The van der Waals surface area contributed by atoms with Crippen molar-refractivity contribution in [2.75, 3.05) is 6.61 Å². The molecule has 0 bridgehead atoms. The summed E-state index contributed by atoms with van der Waals surface area (Å²) >= 11 is 0. The molecule has 0 amide bonds. The number of hydrogen-bond acceptors (Lipinski definition) is 3. The number of rotatable bonds is 4. The molecule has 60 valence electrons. The van der Waals surface area contributed by atoms with Gasteiger partial charge in [-0.05, 0) is 6.42 Å². The van der Waals surface area contributed by atoms with Crippen molar-refractivity contribution in [2.24, 2.45) is 0 Å². The Morgan fingerprint density at radius 1 is 1.60 bits per heavy atom. The first-order chi connectivity index (χ1) is 4.70. The first-order valence-electron chi connectivity index (χ1n) is 3.54. The quantitative estimate of drug-likeness (QED) is 0.594. The van der Waals surface area contributed by atoms with E-state index in [1.807, 2.05) is 6.92 Å². The van der Waals surface area contributed by atoms with E-state index in [1.54, 1.807) is 6.92 Å². The van der Waals surface area contributed by atoms with Gasteiger partial charge in [-0.15, -0.1) is 0 Å². The minimum absolute atomic E-state index is 0.128. The number of carbonyl (C=O) groups excluding carboxylic acids is 1. The third-order valence-corrected chi connectivity index (χ3v) is 1.20. The summed E-state index contributed by atoms with van der Waals surface area (Å²) in [6.07, 6.45) is 0.489. The van der Waals surface area contributed by atoms with Crippen molar-refractivity contribution in [2.45, 2.75) is 32.8 Å². The lowest BCUT2D eigenvalue weighted by Gasteiger charge is -2.06. The first kappa shape index (κ1) is 9.43. The third kappa shape index (κ3) is 4.32. The van der Waals surface area contributed by atoms with Crippen LogP contribution >= 0.6 is 0 Å². The Morgan fingerprint density at radius 2 is 2.20 bits per heavy atom. The topological polar surface area (TPSA) is 46.5 Å². The summed E-state index contributed by atoms with van der Waals surface area (Å²) in [7, 11) is 0. The number of carbonyl (C=O) groups is 1. The molecule has 0 aliphatic rings. The summed E-state index contributed by atoms with van der Waals surface area (Å²) in [5.74, 6) is -0.257. The molecule has 1 atom stereocenters. The smallest absolute Gasteiger partial charge is 0.305 e. The predicted octanol–water partition coefficient (Wildman–Crippen LogP) is 0.711. The highest BCUT2D eigenvalue weighted by atomic mass is 16.5. The summed E-state index contributed by atoms with van der Waals surface area (Å²) in [5, 5.41) is 8.93. The molecule has 3 heteroatoms. The minimum Gasteiger partial charge on any atom is -0.463 e. The Bertz CT molecular complexity index is 101. The van der Waals surface area contributed by atoms with E-state index in [4.69, 9.17) is 5.11 Å². The molecule has 3 nitrogen and oxygen atoms in total. The zero-order chi connectivity index (χ0) is 7.98. The van der Waals surface area contributed by atoms with Gasteiger partial charge in [-0.25, -0.2) is 0 Å². The van der Waals surface area contributed by atoms with E-state index >= 15 is 0 Å². The van der Waals surface area contributed by atoms with Crippen LogP contribution in [-0.2, 0) is 9.53 Å². The van der Waals surface area contributed by atoms with E-state index in [-0.39, 0.29) is 12.6 Å². The summed E-state index contributed by atoms with van der Waals surface area (Å²) in [6.45, 7) is 3.69. The molecule has 0 aromatic rings. The molecule has 0 heterocycles. The molecule has 0 saturated heterocycles. The van der Waals surface area contributed by atoms with E-state index < -0.39 is 6.10 Å². The predicted molar refractivity (Wildman–Crippen MR) is 37.5 cm³/mol. The van der Waals surface area contributed by atoms with Crippen LogP contribution in [0.15, 0.2) is 0 Å². The number of ether oxygens (including phenoxy) is 1. The number of aliphatic hydroxyl groups excluding tert-OH is 1. The largest absolute Gasteiger partial charge is 0.463 e. The number of hydrogen-bond donors (Lipinski definition) is 1. The van der Waals surface area contributed by atoms with E-state index in [1.165, 1.54) is 0 Å². The van der Waals surface area contributed by atoms with E-state index in [0.29, 0.717) is 12.8 Å². The first-order valence-corrected chi connectivity index (χ1v) is 3.54.